The van der Waals surface area contributed by atoms with Gasteiger partial charge < -0.3 is 10.6 Å². The van der Waals surface area contributed by atoms with Crippen LogP contribution in [0.2, 0.25) is 0 Å². The van der Waals surface area contributed by atoms with E-state index in [9.17, 15) is 4.79 Å². The molecule has 1 aromatic heterocycles. The highest BCUT2D eigenvalue weighted by Gasteiger charge is 2.32. The van der Waals surface area contributed by atoms with Crippen molar-refractivity contribution in [3.05, 3.63) is 18.0 Å². The number of hydrogen-bond acceptors (Lipinski definition) is 4. The molecular weight excluding hydrogens is 302 g/mol. The third-order valence-electron chi connectivity index (χ3n) is 5.26. The molecule has 0 aliphatic carbocycles. The standard InChI is InChI=1S/C18H33N5O/c1-6-14-8-7-9-23(11-14)18(2,3)13-20-17(24)16(19-4)15-10-21-22(5)12-15/h10,12,14,16,19H,6-9,11,13H2,1-5H3,(H,20,24). The van der Waals surface area contributed by atoms with Crippen molar-refractivity contribution >= 4 is 5.91 Å². The molecule has 1 aliphatic heterocycles. The summed E-state index contributed by atoms with van der Waals surface area (Å²) in [4.78, 5) is 15.1. The van der Waals surface area contributed by atoms with Crippen LogP contribution >= 0.6 is 0 Å². The lowest BCUT2D eigenvalue weighted by Crippen LogP contribution is -2.55. The van der Waals surface area contributed by atoms with Gasteiger partial charge in [0.15, 0.2) is 0 Å². The fourth-order valence-electron chi connectivity index (χ4n) is 3.50. The maximum absolute atomic E-state index is 12.6. The number of carbonyl (C=O) groups excluding carboxylic acids is 1. The zero-order valence-electron chi connectivity index (χ0n) is 15.8. The van der Waals surface area contributed by atoms with Crippen LogP contribution in [0.3, 0.4) is 0 Å². The number of piperidine rings is 1. The number of likely N-dealkylation sites (tertiary alicyclic amines) is 1. The van der Waals surface area contributed by atoms with Gasteiger partial charge in [-0.1, -0.05) is 13.3 Å². The van der Waals surface area contributed by atoms with Crippen LogP contribution < -0.4 is 10.6 Å². The van der Waals surface area contributed by atoms with Gasteiger partial charge in [-0.15, -0.1) is 0 Å². The number of rotatable bonds is 7. The minimum atomic E-state index is -0.362. The molecule has 24 heavy (non-hydrogen) atoms. The quantitative estimate of drug-likeness (QED) is 0.796. The van der Waals surface area contributed by atoms with E-state index in [2.05, 4.69) is 41.4 Å². The lowest BCUT2D eigenvalue weighted by Gasteiger charge is -2.43. The molecule has 2 N–H and O–H groups in total. The first-order chi connectivity index (χ1) is 11.4. The Kier molecular flexibility index (Phi) is 6.40. The average Bonchev–Trinajstić information content (AvgIpc) is 3.00. The number of aromatic nitrogens is 2. The first kappa shape index (κ1) is 18.9. The van der Waals surface area contributed by atoms with Gasteiger partial charge in [-0.25, -0.2) is 0 Å². The van der Waals surface area contributed by atoms with Gasteiger partial charge in [-0.2, -0.15) is 5.10 Å². The van der Waals surface area contributed by atoms with Gasteiger partial charge in [0.25, 0.3) is 0 Å². The molecule has 6 heteroatoms. The third kappa shape index (κ3) is 4.57. The molecule has 2 heterocycles. The zero-order chi connectivity index (χ0) is 17.7. The summed E-state index contributed by atoms with van der Waals surface area (Å²) in [6, 6.07) is -0.362. The van der Waals surface area contributed by atoms with Gasteiger partial charge in [0, 0.05) is 37.4 Å². The fourth-order valence-corrected chi connectivity index (χ4v) is 3.50. The zero-order valence-corrected chi connectivity index (χ0v) is 15.8. The minimum Gasteiger partial charge on any atom is -0.353 e. The molecule has 136 valence electrons. The van der Waals surface area contributed by atoms with E-state index in [0.717, 1.165) is 24.6 Å². The van der Waals surface area contributed by atoms with Gasteiger partial charge in [0.2, 0.25) is 5.91 Å². The Balaban J connectivity index is 1.93. The lowest BCUT2D eigenvalue weighted by atomic mass is 9.91. The maximum atomic E-state index is 12.6. The monoisotopic (exact) mass is 335 g/mol. The Hall–Kier alpha value is -1.40. The van der Waals surface area contributed by atoms with E-state index in [1.165, 1.54) is 19.3 Å². The van der Waals surface area contributed by atoms with Crippen molar-refractivity contribution in [3.63, 3.8) is 0 Å². The fraction of sp³-hybridized carbons (Fsp3) is 0.778. The topological polar surface area (TPSA) is 62.2 Å². The van der Waals surface area contributed by atoms with Crippen LogP contribution in [0, 0.1) is 5.92 Å². The molecule has 1 saturated heterocycles. The molecule has 2 rings (SSSR count). The largest absolute Gasteiger partial charge is 0.353 e. The van der Waals surface area contributed by atoms with Gasteiger partial charge in [0.1, 0.15) is 6.04 Å². The van der Waals surface area contributed by atoms with Crippen LogP contribution in [0.25, 0.3) is 0 Å². The minimum absolute atomic E-state index is 0.00243. The summed E-state index contributed by atoms with van der Waals surface area (Å²) >= 11 is 0. The second-order valence-corrected chi connectivity index (χ2v) is 7.56. The Morgan fingerprint density at radius 3 is 2.83 bits per heavy atom. The van der Waals surface area contributed by atoms with Gasteiger partial charge in [0.05, 0.1) is 6.20 Å². The Morgan fingerprint density at radius 1 is 1.50 bits per heavy atom. The van der Waals surface area contributed by atoms with E-state index in [1.54, 1.807) is 17.9 Å². The summed E-state index contributed by atoms with van der Waals surface area (Å²) in [7, 11) is 3.66. The van der Waals surface area contributed by atoms with E-state index in [-0.39, 0.29) is 17.5 Å². The SMILES string of the molecule is CCC1CCCN(C(C)(C)CNC(=O)C(NC)c2cnn(C)c2)C1. The second-order valence-electron chi connectivity index (χ2n) is 7.56. The van der Waals surface area contributed by atoms with Crippen LogP contribution in [-0.4, -0.2) is 52.8 Å². The molecular formula is C18H33N5O. The lowest BCUT2D eigenvalue weighted by molar-refractivity contribution is -0.123. The highest BCUT2D eigenvalue weighted by atomic mass is 16.2. The molecule has 0 radical (unpaired) electrons. The number of aryl methyl sites for hydroxylation is 1. The Morgan fingerprint density at radius 2 is 2.25 bits per heavy atom. The van der Waals surface area contributed by atoms with Crippen LogP contribution in [0.4, 0.5) is 0 Å². The number of amides is 1. The first-order valence-electron chi connectivity index (χ1n) is 9.06. The second kappa shape index (κ2) is 8.12. The molecule has 1 amide bonds. The molecule has 1 aromatic rings. The highest BCUT2D eigenvalue weighted by Crippen LogP contribution is 2.25. The number of carbonyl (C=O) groups is 1. The van der Waals surface area contributed by atoms with E-state index in [4.69, 9.17) is 0 Å². The molecule has 2 atom stereocenters. The van der Waals surface area contributed by atoms with Gasteiger partial charge in [-0.05, 0) is 46.2 Å². The van der Waals surface area contributed by atoms with Crippen molar-refractivity contribution in [3.8, 4) is 0 Å². The molecule has 2 unspecified atom stereocenters. The van der Waals surface area contributed by atoms with Crippen LogP contribution in [0.5, 0.6) is 0 Å². The Labute approximate surface area is 146 Å². The average molecular weight is 335 g/mol. The molecule has 0 aromatic carbocycles. The molecule has 0 saturated carbocycles. The number of nitrogens with one attached hydrogen (secondary N) is 2. The van der Waals surface area contributed by atoms with Crippen molar-refractivity contribution in [1.29, 1.82) is 0 Å². The number of likely N-dealkylation sites (N-methyl/N-ethyl adjacent to an activating group) is 1. The summed E-state index contributed by atoms with van der Waals surface area (Å²) in [6.45, 7) is 9.64. The first-order valence-corrected chi connectivity index (χ1v) is 9.06. The molecule has 0 bridgehead atoms. The molecule has 0 spiro atoms. The number of hydrogen-bond donors (Lipinski definition) is 2. The normalized spacial score (nSPS) is 20.8. The van der Waals surface area contributed by atoms with E-state index >= 15 is 0 Å². The smallest absolute Gasteiger partial charge is 0.241 e. The van der Waals surface area contributed by atoms with Crippen molar-refractivity contribution < 1.29 is 4.79 Å². The van der Waals surface area contributed by atoms with Crippen molar-refractivity contribution in [1.82, 2.24) is 25.3 Å². The van der Waals surface area contributed by atoms with Crippen LogP contribution in [0.1, 0.15) is 51.6 Å². The summed E-state index contributed by atoms with van der Waals surface area (Å²) in [6.07, 6.45) is 7.44. The third-order valence-corrected chi connectivity index (χ3v) is 5.26. The van der Waals surface area contributed by atoms with Crippen molar-refractivity contribution in [2.75, 3.05) is 26.7 Å². The Bertz CT molecular complexity index is 539. The predicted molar refractivity (Wildman–Crippen MR) is 96.7 cm³/mol. The summed E-state index contributed by atoms with van der Waals surface area (Å²) in [5, 5.41) is 10.4. The van der Waals surface area contributed by atoms with Gasteiger partial charge >= 0.3 is 0 Å². The van der Waals surface area contributed by atoms with E-state index < -0.39 is 0 Å². The molecule has 1 fully saturated rings. The van der Waals surface area contributed by atoms with Crippen molar-refractivity contribution in [2.24, 2.45) is 13.0 Å². The van der Waals surface area contributed by atoms with Gasteiger partial charge in [-0.3, -0.25) is 14.4 Å². The molecule has 1 aliphatic rings. The van der Waals surface area contributed by atoms with E-state index in [1.807, 2.05) is 13.2 Å². The van der Waals surface area contributed by atoms with E-state index in [0.29, 0.717) is 6.54 Å². The summed E-state index contributed by atoms with van der Waals surface area (Å²) in [5.41, 5.74) is 0.857. The summed E-state index contributed by atoms with van der Waals surface area (Å²) in [5.74, 6) is 0.789. The number of nitrogens with zero attached hydrogens (tertiary/aromatic N) is 3. The van der Waals surface area contributed by atoms with Crippen molar-refractivity contribution in [2.45, 2.75) is 51.6 Å². The van der Waals surface area contributed by atoms with Crippen LogP contribution in [-0.2, 0) is 11.8 Å². The molecule has 6 nitrogen and oxygen atoms in total. The van der Waals surface area contributed by atoms with Crippen LogP contribution in [0.15, 0.2) is 12.4 Å². The predicted octanol–water partition coefficient (Wildman–Crippen LogP) is 1.70. The highest BCUT2D eigenvalue weighted by molar-refractivity contribution is 5.83. The summed E-state index contributed by atoms with van der Waals surface area (Å²) < 4.78 is 1.72. The maximum Gasteiger partial charge on any atom is 0.241 e.